The van der Waals surface area contributed by atoms with Gasteiger partial charge in [-0.25, -0.2) is 9.78 Å². The van der Waals surface area contributed by atoms with Gasteiger partial charge in [-0.3, -0.25) is 14.5 Å². The van der Waals surface area contributed by atoms with Crippen LogP contribution in [0.4, 0.5) is 5.13 Å². The number of carbonyl (C=O) groups excluding carboxylic acids is 3. The number of hydrogen-bond donors (Lipinski definition) is 2. The maximum Gasteiger partial charge on any atom is 0.355 e. The van der Waals surface area contributed by atoms with Gasteiger partial charge in [-0.15, -0.1) is 23.1 Å². The van der Waals surface area contributed by atoms with E-state index >= 15 is 14.4 Å². The first-order valence-electron chi connectivity index (χ1n) is 29.8. The summed E-state index contributed by atoms with van der Waals surface area (Å²) in [6, 6.07) is 97.0. The van der Waals surface area contributed by atoms with Crippen molar-refractivity contribution in [3.8, 4) is 5.75 Å². The number of thioether (sulfide) groups is 1. The SMILES string of the molecule is COc1ccc(COC(=O)C2=C(C=P(c3ccccc3)(c3ccccc3)c3ccccc3)CS[C@H]3[C@H](NC(=O)/C(=N\OC(c4ccccc4)(c4ccccc4)c4ccccc4)c4csc(NC(c5ccccc5)(c5ccccc5)c5ccccc5)n4)C(=O)N23)cc1. The Morgan fingerprint density at radius 3 is 1.43 bits per heavy atom. The standard InChI is InChI=1S/C77H62N5O6PS2/c1-86-63-49-47-55(48-50-63)51-87-74(85)70-56(52-89(64-41-23-8-24-42-64,65-43-25-9-26-44-65)66-45-27-10-28-46-66)53-90-73-69(72(84)82(70)73)79-71(83)68(81-88-77(60-35-17-5-18-36-60,61-37-19-6-20-38-61)62-39-21-7-22-40-62)67-54-91-75(78-67)80-76(57-29-11-2-12-30-57,58-31-13-3-14-32-58)59-33-15-4-16-34-59/h2-50,52,54,69,73H,51,53H2,1H3,(H,78,80)(H,79,83)/b81-68-/t69-,73+/m1/s1. The van der Waals surface area contributed by atoms with Gasteiger partial charge < -0.3 is 24.9 Å². The molecule has 11 aromatic rings. The summed E-state index contributed by atoms with van der Waals surface area (Å²) in [5, 5.41) is 16.7. The zero-order valence-electron chi connectivity index (χ0n) is 49.6. The maximum atomic E-state index is 15.8. The zero-order valence-corrected chi connectivity index (χ0v) is 52.1. The van der Waals surface area contributed by atoms with Crippen LogP contribution in [0.15, 0.2) is 319 Å². The monoisotopic (exact) mass is 1250 g/mol. The molecule has 91 heavy (non-hydrogen) atoms. The Kier molecular flexibility index (Phi) is 17.6. The third-order valence-electron chi connectivity index (χ3n) is 16.5. The Balaban J connectivity index is 0.928. The van der Waals surface area contributed by atoms with Crippen molar-refractivity contribution < 1.29 is 28.7 Å². The average molecular weight is 1250 g/mol. The third-order valence-corrected chi connectivity index (χ3v) is 22.6. The van der Waals surface area contributed by atoms with Gasteiger partial charge in [0, 0.05) is 27.8 Å². The van der Waals surface area contributed by atoms with Crippen LogP contribution in [0.3, 0.4) is 0 Å². The molecule has 0 radical (unpaired) electrons. The highest BCUT2D eigenvalue weighted by molar-refractivity contribution is 8.00. The molecule has 1 aromatic heterocycles. The fraction of sp³-hybridized carbons (Fsp3) is 0.0909. The van der Waals surface area contributed by atoms with Gasteiger partial charge >= 0.3 is 5.97 Å². The fourth-order valence-electron chi connectivity index (χ4n) is 12.2. The molecule has 3 heterocycles. The molecule has 2 aliphatic heterocycles. The van der Waals surface area contributed by atoms with Gasteiger partial charge in [-0.2, -0.15) is 0 Å². The number of carbonyl (C=O) groups is 3. The summed E-state index contributed by atoms with van der Waals surface area (Å²) in [5.41, 5.74) is 4.28. The molecule has 2 atom stereocenters. The van der Waals surface area contributed by atoms with Crippen LogP contribution < -0.4 is 31.3 Å². The molecule has 448 valence electrons. The molecule has 0 bridgehead atoms. The molecule has 0 unspecified atom stereocenters. The summed E-state index contributed by atoms with van der Waals surface area (Å²) in [5.74, 6) is 1.29. The number of amides is 2. The number of hydrogen-bond acceptors (Lipinski definition) is 11. The van der Waals surface area contributed by atoms with Gasteiger partial charge in [0.15, 0.2) is 10.8 Å². The Hall–Kier alpha value is -10.3. The number of nitrogens with zero attached hydrogens (tertiary/aromatic N) is 3. The van der Waals surface area contributed by atoms with Crippen LogP contribution in [0, 0.1) is 0 Å². The maximum absolute atomic E-state index is 15.8. The Morgan fingerprint density at radius 1 is 0.582 bits per heavy atom. The summed E-state index contributed by atoms with van der Waals surface area (Å²) < 4.78 is 11.6. The summed E-state index contributed by atoms with van der Waals surface area (Å²) in [7, 11) is 1.60. The molecule has 2 amide bonds. The Morgan fingerprint density at radius 2 is 1.00 bits per heavy atom. The van der Waals surface area contributed by atoms with Crippen molar-refractivity contribution in [3.63, 3.8) is 0 Å². The van der Waals surface area contributed by atoms with Crippen LogP contribution in [-0.2, 0) is 41.7 Å². The van der Waals surface area contributed by atoms with E-state index in [4.69, 9.17) is 24.5 Å². The molecular weight excluding hydrogens is 1190 g/mol. The summed E-state index contributed by atoms with van der Waals surface area (Å²) >= 11 is 2.78. The number of ether oxygens (including phenoxy) is 2. The van der Waals surface area contributed by atoms with E-state index in [0.717, 1.165) is 54.9 Å². The third kappa shape index (κ3) is 11.7. The van der Waals surface area contributed by atoms with Crippen molar-refractivity contribution in [3.05, 3.63) is 359 Å². The smallest absolute Gasteiger partial charge is 0.355 e. The van der Waals surface area contributed by atoms with Crippen LogP contribution in [0.5, 0.6) is 5.75 Å². The minimum atomic E-state index is -2.73. The van der Waals surface area contributed by atoms with E-state index in [9.17, 15) is 0 Å². The minimum Gasteiger partial charge on any atom is -0.497 e. The first kappa shape index (κ1) is 59.7. The molecule has 2 aliphatic rings. The lowest BCUT2D eigenvalue weighted by atomic mass is 9.77. The van der Waals surface area contributed by atoms with Gasteiger partial charge in [0.25, 0.3) is 11.8 Å². The Labute approximate surface area is 537 Å². The van der Waals surface area contributed by atoms with Crippen molar-refractivity contribution in [1.82, 2.24) is 15.2 Å². The number of rotatable bonds is 21. The first-order chi connectivity index (χ1) is 44.8. The highest BCUT2D eigenvalue weighted by atomic mass is 32.2. The van der Waals surface area contributed by atoms with Crippen LogP contribution in [-0.4, -0.2) is 63.5 Å². The fourth-order valence-corrected chi connectivity index (χ4v) is 18.3. The lowest BCUT2D eigenvalue weighted by Crippen LogP contribution is -2.71. The molecule has 13 rings (SSSR count). The molecule has 1 saturated heterocycles. The number of thiazole rings is 1. The lowest BCUT2D eigenvalue weighted by molar-refractivity contribution is -0.153. The molecule has 0 aliphatic carbocycles. The van der Waals surface area contributed by atoms with Crippen molar-refractivity contribution in [2.75, 3.05) is 18.2 Å². The molecular formula is C77H62N5O6PS2. The van der Waals surface area contributed by atoms with Gasteiger partial charge in [0.1, 0.15) is 40.7 Å². The molecule has 2 N–H and O–H groups in total. The quantitative estimate of drug-likeness (QED) is 0.0180. The number of methoxy groups -OCH3 is 1. The number of oxime groups is 1. The summed E-state index contributed by atoms with van der Waals surface area (Å²) in [6.07, 6.45) is 0. The van der Waals surface area contributed by atoms with Gasteiger partial charge in [0.2, 0.25) is 5.60 Å². The van der Waals surface area contributed by atoms with Crippen molar-refractivity contribution in [2.24, 2.45) is 5.16 Å². The van der Waals surface area contributed by atoms with Crippen molar-refractivity contribution in [2.45, 2.75) is 29.2 Å². The van der Waals surface area contributed by atoms with Crippen molar-refractivity contribution >= 4 is 80.3 Å². The number of benzene rings is 10. The largest absolute Gasteiger partial charge is 0.497 e. The van der Waals surface area contributed by atoms with Crippen LogP contribution in [0.1, 0.15) is 44.6 Å². The van der Waals surface area contributed by atoms with E-state index in [1.807, 2.05) is 224 Å². The van der Waals surface area contributed by atoms with Crippen LogP contribution >= 0.6 is 30.0 Å². The van der Waals surface area contributed by atoms with E-state index in [1.54, 1.807) is 12.5 Å². The van der Waals surface area contributed by atoms with Crippen LogP contribution in [0.25, 0.3) is 0 Å². The van der Waals surface area contributed by atoms with E-state index in [2.05, 4.69) is 89.2 Å². The highest BCUT2D eigenvalue weighted by Gasteiger charge is 2.55. The number of β-lactam (4-membered cyclic amide) rings is 1. The number of nitrogens with one attached hydrogen (secondary N) is 2. The number of esters is 1. The molecule has 0 spiro atoms. The predicted octanol–water partition coefficient (Wildman–Crippen LogP) is 13.5. The van der Waals surface area contributed by atoms with E-state index in [0.29, 0.717) is 22.2 Å². The first-order valence-corrected chi connectivity index (χ1v) is 33.6. The topological polar surface area (TPSA) is 131 Å². The second-order valence-corrected chi connectivity index (χ2v) is 27.1. The van der Waals surface area contributed by atoms with E-state index in [-0.39, 0.29) is 23.7 Å². The van der Waals surface area contributed by atoms with Gasteiger partial charge in [-0.05, 0) is 68.6 Å². The molecule has 0 saturated carbocycles. The van der Waals surface area contributed by atoms with Crippen LogP contribution in [0.2, 0.25) is 0 Å². The molecule has 14 heteroatoms. The minimum absolute atomic E-state index is 0.0696. The zero-order chi connectivity index (χ0) is 62.0. The summed E-state index contributed by atoms with van der Waals surface area (Å²) in [6.45, 7) is -2.80. The number of fused-ring (bicyclic) bond motifs is 1. The summed E-state index contributed by atoms with van der Waals surface area (Å²) in [4.78, 5) is 60.3. The predicted molar refractivity (Wildman–Crippen MR) is 368 cm³/mol. The second kappa shape index (κ2) is 26.8. The van der Waals surface area contributed by atoms with Crippen molar-refractivity contribution in [1.29, 1.82) is 0 Å². The highest BCUT2D eigenvalue weighted by Crippen LogP contribution is 2.49. The van der Waals surface area contributed by atoms with Gasteiger partial charge in [0.05, 0.1) is 7.11 Å². The average Bonchev–Trinajstić information content (AvgIpc) is 1.07. The van der Waals surface area contributed by atoms with Gasteiger partial charge in [-0.1, -0.05) is 290 Å². The lowest BCUT2D eigenvalue weighted by Gasteiger charge is -2.49. The Bertz CT molecular complexity index is 4140. The number of anilines is 1. The van der Waals surface area contributed by atoms with E-state index in [1.165, 1.54) is 28.0 Å². The normalized spacial score (nSPS) is 14.9. The van der Waals surface area contributed by atoms with E-state index < -0.39 is 47.2 Å². The molecule has 11 nitrogen and oxygen atoms in total. The molecule has 1 fully saturated rings. The molecule has 10 aromatic carbocycles. The second-order valence-electron chi connectivity index (χ2n) is 21.8. The number of aromatic nitrogens is 1.